The number of urea groups is 1. The number of benzene rings is 2. The molecule has 0 spiro atoms. The van der Waals surface area contributed by atoms with Crippen LogP contribution in [0.15, 0.2) is 42.5 Å². The Bertz CT molecular complexity index is 1560. The number of amides is 3. The fourth-order valence-electron chi connectivity index (χ4n) is 5.09. The molecule has 3 aromatic rings. The number of alkyl halides is 2. The molecule has 1 fully saturated rings. The van der Waals surface area contributed by atoms with E-state index in [-0.39, 0.29) is 51.8 Å². The van der Waals surface area contributed by atoms with Crippen LogP contribution in [0.4, 0.5) is 35.3 Å². The zero-order chi connectivity index (χ0) is 31.6. The average molecular weight is 615 g/mol. The van der Waals surface area contributed by atoms with Gasteiger partial charge in [-0.3, -0.25) is 4.79 Å². The average Bonchev–Trinajstić information content (AvgIpc) is 3.06. The molecule has 2 aromatic carbocycles. The Hall–Kier alpha value is -4.59. The molecule has 0 radical (unpaired) electrons. The van der Waals surface area contributed by atoms with E-state index in [0.717, 1.165) is 0 Å². The number of ether oxygens (including phenoxy) is 3. The molecule has 0 saturated carbocycles. The minimum Gasteiger partial charge on any atom is -0.469 e. The van der Waals surface area contributed by atoms with E-state index in [1.807, 2.05) is 32.6 Å². The molecule has 2 aliphatic heterocycles. The summed E-state index contributed by atoms with van der Waals surface area (Å²) in [5, 5.41) is 4.86. The summed E-state index contributed by atoms with van der Waals surface area (Å²) in [5.41, 5.74) is -0.172. The SMILES string of the molecule is CCN1CC(C)(C)Oc2nc(N3CCOCC3C)nc(-c3ccc(NC(=O)Nc4cccc(OC(F)F)c4)c(F)c3)c2C1=O. The van der Waals surface area contributed by atoms with Gasteiger partial charge >= 0.3 is 12.6 Å². The predicted octanol–water partition coefficient (Wildman–Crippen LogP) is 5.39. The van der Waals surface area contributed by atoms with Crippen LogP contribution >= 0.6 is 0 Å². The number of fused-ring (bicyclic) bond motifs is 1. The number of nitrogens with one attached hydrogen (secondary N) is 2. The van der Waals surface area contributed by atoms with Gasteiger partial charge in [0.25, 0.3) is 5.91 Å². The smallest absolute Gasteiger partial charge is 0.387 e. The molecule has 1 unspecified atom stereocenters. The van der Waals surface area contributed by atoms with E-state index in [2.05, 4.69) is 20.4 Å². The first kappa shape index (κ1) is 30.9. The Balaban J connectivity index is 1.48. The number of nitrogens with zero attached hydrogens (tertiary/aromatic N) is 4. The lowest BCUT2D eigenvalue weighted by atomic mass is 10.0. The molecule has 1 atom stereocenters. The van der Waals surface area contributed by atoms with Crippen molar-refractivity contribution in [3.05, 3.63) is 53.8 Å². The van der Waals surface area contributed by atoms with E-state index >= 15 is 4.39 Å². The number of morpholine rings is 1. The highest BCUT2D eigenvalue weighted by Crippen LogP contribution is 2.37. The van der Waals surface area contributed by atoms with Gasteiger partial charge in [-0.05, 0) is 52.0 Å². The minimum absolute atomic E-state index is 0.0549. The summed E-state index contributed by atoms with van der Waals surface area (Å²) in [5.74, 6) is -0.857. The van der Waals surface area contributed by atoms with Gasteiger partial charge in [0.05, 0.1) is 37.2 Å². The quantitative estimate of drug-likeness (QED) is 0.364. The van der Waals surface area contributed by atoms with Gasteiger partial charge < -0.3 is 34.6 Å². The number of aromatic nitrogens is 2. The van der Waals surface area contributed by atoms with E-state index in [1.165, 1.54) is 42.5 Å². The molecule has 0 bridgehead atoms. The number of rotatable bonds is 7. The molecule has 14 heteroatoms. The zero-order valence-corrected chi connectivity index (χ0v) is 24.7. The first-order valence-corrected chi connectivity index (χ1v) is 14.1. The second-order valence-corrected chi connectivity index (χ2v) is 11.0. The third-order valence-corrected chi connectivity index (χ3v) is 7.12. The standard InChI is InChI=1S/C30H33F3N6O5/c1-5-38-16-30(3,4)44-25-23(26(38)40)24(36-28(37-25)39-11-12-42-15-17(39)2)18-9-10-22(21(31)13-18)35-29(41)34-19-7-6-8-20(14-19)43-27(32)33/h6-10,13-14,17,27H,5,11-12,15-16H2,1-4H3,(H2,34,35,41). The molecule has 44 heavy (non-hydrogen) atoms. The first-order valence-electron chi connectivity index (χ1n) is 14.1. The van der Waals surface area contributed by atoms with Gasteiger partial charge in [0.2, 0.25) is 11.8 Å². The lowest BCUT2D eigenvalue weighted by Crippen LogP contribution is -2.44. The number of anilines is 3. The molecule has 1 aromatic heterocycles. The maximum atomic E-state index is 15.5. The summed E-state index contributed by atoms with van der Waals surface area (Å²) in [6.07, 6.45) is 0. The van der Waals surface area contributed by atoms with Crippen molar-refractivity contribution in [2.24, 2.45) is 0 Å². The van der Waals surface area contributed by atoms with E-state index in [0.29, 0.717) is 38.8 Å². The van der Waals surface area contributed by atoms with Crippen molar-refractivity contribution in [3.8, 4) is 22.9 Å². The van der Waals surface area contributed by atoms with Crippen LogP contribution in [0.3, 0.4) is 0 Å². The number of hydrogen-bond acceptors (Lipinski definition) is 8. The van der Waals surface area contributed by atoms with Crippen molar-refractivity contribution in [1.29, 1.82) is 0 Å². The van der Waals surface area contributed by atoms with Gasteiger partial charge in [-0.15, -0.1) is 0 Å². The van der Waals surface area contributed by atoms with Gasteiger partial charge in [-0.1, -0.05) is 12.1 Å². The molecular formula is C30H33F3N6O5. The maximum absolute atomic E-state index is 15.5. The minimum atomic E-state index is -3.02. The highest BCUT2D eigenvalue weighted by molar-refractivity contribution is 6.03. The lowest BCUT2D eigenvalue weighted by molar-refractivity contribution is -0.0498. The maximum Gasteiger partial charge on any atom is 0.387 e. The number of carbonyl (C=O) groups excluding carboxylic acids is 2. The third kappa shape index (κ3) is 6.80. The summed E-state index contributed by atoms with van der Waals surface area (Å²) in [6.45, 7) is 6.70. The fraction of sp³-hybridized carbons (Fsp3) is 0.400. The van der Waals surface area contributed by atoms with Gasteiger partial charge in [-0.2, -0.15) is 13.8 Å². The van der Waals surface area contributed by atoms with Crippen LogP contribution in [-0.2, 0) is 4.74 Å². The fourth-order valence-corrected chi connectivity index (χ4v) is 5.09. The zero-order valence-electron chi connectivity index (χ0n) is 24.7. The van der Waals surface area contributed by atoms with Crippen LogP contribution in [0.25, 0.3) is 11.3 Å². The molecule has 5 rings (SSSR count). The molecule has 234 valence electrons. The Labute approximate surface area is 252 Å². The largest absolute Gasteiger partial charge is 0.469 e. The molecule has 3 heterocycles. The van der Waals surface area contributed by atoms with Crippen molar-refractivity contribution >= 4 is 29.3 Å². The molecular weight excluding hydrogens is 581 g/mol. The first-order chi connectivity index (χ1) is 20.9. The lowest BCUT2D eigenvalue weighted by Gasteiger charge is -2.34. The molecule has 2 N–H and O–H groups in total. The van der Waals surface area contributed by atoms with Gasteiger partial charge in [-0.25, -0.2) is 14.2 Å². The number of hydrogen-bond donors (Lipinski definition) is 2. The van der Waals surface area contributed by atoms with E-state index in [1.54, 1.807) is 4.90 Å². The Morgan fingerprint density at radius 1 is 1.18 bits per heavy atom. The van der Waals surface area contributed by atoms with Gasteiger partial charge in [0, 0.05) is 30.4 Å². The van der Waals surface area contributed by atoms with E-state index in [4.69, 9.17) is 14.5 Å². The number of carbonyl (C=O) groups is 2. The predicted molar refractivity (Wildman–Crippen MR) is 157 cm³/mol. The summed E-state index contributed by atoms with van der Waals surface area (Å²) < 4.78 is 56.8. The van der Waals surface area contributed by atoms with Crippen molar-refractivity contribution in [2.75, 3.05) is 48.4 Å². The van der Waals surface area contributed by atoms with E-state index < -0.39 is 24.1 Å². The van der Waals surface area contributed by atoms with Crippen molar-refractivity contribution in [2.45, 2.75) is 45.9 Å². The summed E-state index contributed by atoms with van der Waals surface area (Å²) in [4.78, 5) is 39.4. The van der Waals surface area contributed by atoms with Crippen LogP contribution in [0, 0.1) is 5.82 Å². The second-order valence-electron chi connectivity index (χ2n) is 11.0. The van der Waals surface area contributed by atoms with Crippen LogP contribution < -0.4 is 25.0 Å². The van der Waals surface area contributed by atoms with Crippen LogP contribution in [0.5, 0.6) is 11.6 Å². The summed E-state index contributed by atoms with van der Waals surface area (Å²) in [7, 11) is 0. The Kier molecular flexibility index (Phi) is 8.81. The Morgan fingerprint density at radius 2 is 1.98 bits per heavy atom. The van der Waals surface area contributed by atoms with Crippen LogP contribution in [-0.4, -0.2) is 77.9 Å². The Morgan fingerprint density at radius 3 is 2.68 bits per heavy atom. The van der Waals surface area contributed by atoms with Crippen molar-refractivity contribution in [1.82, 2.24) is 14.9 Å². The van der Waals surface area contributed by atoms with Gasteiger partial charge in [0.15, 0.2) is 0 Å². The second kappa shape index (κ2) is 12.6. The molecule has 3 amide bonds. The highest BCUT2D eigenvalue weighted by atomic mass is 19.3. The monoisotopic (exact) mass is 614 g/mol. The highest BCUT2D eigenvalue weighted by Gasteiger charge is 2.38. The van der Waals surface area contributed by atoms with Crippen molar-refractivity contribution < 1.29 is 37.0 Å². The molecule has 0 aliphatic carbocycles. The van der Waals surface area contributed by atoms with Crippen LogP contribution in [0.2, 0.25) is 0 Å². The summed E-state index contributed by atoms with van der Waals surface area (Å²) in [6, 6.07) is 8.58. The van der Waals surface area contributed by atoms with Gasteiger partial charge in [0.1, 0.15) is 22.7 Å². The van der Waals surface area contributed by atoms with Crippen LogP contribution in [0.1, 0.15) is 38.1 Å². The number of likely N-dealkylation sites (N-methyl/N-ethyl adjacent to an activating group) is 1. The molecule has 11 nitrogen and oxygen atoms in total. The van der Waals surface area contributed by atoms with Crippen molar-refractivity contribution in [3.63, 3.8) is 0 Å². The third-order valence-electron chi connectivity index (χ3n) is 7.12. The van der Waals surface area contributed by atoms with E-state index in [9.17, 15) is 18.4 Å². The molecule has 2 aliphatic rings. The molecule has 1 saturated heterocycles. The topological polar surface area (TPSA) is 118 Å². The normalized spacial score (nSPS) is 17.9. The summed E-state index contributed by atoms with van der Waals surface area (Å²) >= 11 is 0. The number of halogens is 3.